The fraction of sp³-hybridized carbons (Fsp3) is 0.182. The van der Waals surface area contributed by atoms with E-state index in [0.29, 0.717) is 23.5 Å². The van der Waals surface area contributed by atoms with Gasteiger partial charge in [-0.05, 0) is 37.1 Å². The monoisotopic (exact) mass is 377 g/mol. The number of aryl methyl sites for hydroxylation is 1. The minimum atomic E-state index is -0.304. The fourth-order valence-electron chi connectivity index (χ4n) is 2.94. The van der Waals surface area contributed by atoms with Gasteiger partial charge >= 0.3 is 5.63 Å². The van der Waals surface area contributed by atoms with Crippen molar-refractivity contribution in [3.8, 4) is 5.75 Å². The van der Waals surface area contributed by atoms with Crippen LogP contribution in [0, 0.1) is 13.8 Å². The van der Waals surface area contributed by atoms with E-state index >= 15 is 0 Å². The van der Waals surface area contributed by atoms with Gasteiger partial charge < -0.3 is 9.15 Å². The lowest BCUT2D eigenvalue weighted by atomic mass is 10.1. The molecule has 5 heteroatoms. The second-order valence-corrected chi connectivity index (χ2v) is 7.42. The van der Waals surface area contributed by atoms with Crippen LogP contribution in [0.15, 0.2) is 63.1 Å². The third kappa shape index (κ3) is 3.78. The number of nitrogens with zero attached hydrogens (tertiary/aromatic N) is 1. The molecule has 4 aromatic rings. The quantitative estimate of drug-likeness (QED) is 0.458. The highest BCUT2D eigenvalue weighted by atomic mass is 32.1. The van der Waals surface area contributed by atoms with Gasteiger partial charge in [0.15, 0.2) is 0 Å². The molecule has 0 aliphatic carbocycles. The lowest BCUT2D eigenvalue weighted by molar-refractivity contribution is 0.302. The maximum atomic E-state index is 11.9. The summed E-state index contributed by atoms with van der Waals surface area (Å²) in [6.07, 6.45) is 0.825. The molecule has 0 spiro atoms. The summed E-state index contributed by atoms with van der Waals surface area (Å²) in [5, 5.41) is 4.01. The van der Waals surface area contributed by atoms with Gasteiger partial charge in [0.25, 0.3) is 0 Å². The van der Waals surface area contributed by atoms with Gasteiger partial charge in [-0.2, -0.15) is 0 Å². The Morgan fingerprint density at radius 2 is 1.89 bits per heavy atom. The molecule has 0 amide bonds. The molecule has 0 aliphatic rings. The second kappa shape index (κ2) is 7.37. The molecular formula is C22H19NO3S. The van der Waals surface area contributed by atoms with Crippen LogP contribution in [0.25, 0.3) is 11.0 Å². The van der Waals surface area contributed by atoms with Gasteiger partial charge in [-0.1, -0.05) is 30.3 Å². The zero-order chi connectivity index (χ0) is 18.8. The maximum Gasteiger partial charge on any atom is 0.339 e. The highest BCUT2D eigenvalue weighted by molar-refractivity contribution is 7.09. The first-order valence-electron chi connectivity index (χ1n) is 8.74. The van der Waals surface area contributed by atoms with Crippen LogP contribution in [0.3, 0.4) is 0 Å². The number of ether oxygens (including phenoxy) is 1. The molecule has 2 heterocycles. The molecule has 4 nitrogen and oxygen atoms in total. The second-order valence-electron chi connectivity index (χ2n) is 6.48. The molecule has 0 fully saturated rings. The molecule has 0 aliphatic heterocycles. The smallest absolute Gasteiger partial charge is 0.339 e. The van der Waals surface area contributed by atoms with Crippen LogP contribution in [-0.4, -0.2) is 4.98 Å². The first-order valence-corrected chi connectivity index (χ1v) is 9.62. The van der Waals surface area contributed by atoms with Gasteiger partial charge in [-0.15, -0.1) is 11.3 Å². The minimum absolute atomic E-state index is 0.304. The first kappa shape index (κ1) is 17.5. The Morgan fingerprint density at radius 1 is 1.07 bits per heavy atom. The average molecular weight is 377 g/mol. The Hall–Kier alpha value is -2.92. The van der Waals surface area contributed by atoms with Crippen LogP contribution in [0.1, 0.15) is 27.4 Å². The van der Waals surface area contributed by atoms with Gasteiger partial charge in [0.1, 0.15) is 17.9 Å². The number of thiazole rings is 1. The Labute approximate surface area is 161 Å². The average Bonchev–Trinajstić information content (AvgIpc) is 3.12. The molecule has 0 radical (unpaired) electrons. The van der Waals surface area contributed by atoms with E-state index in [2.05, 4.69) is 17.1 Å². The predicted molar refractivity (Wildman–Crippen MR) is 108 cm³/mol. The van der Waals surface area contributed by atoms with Gasteiger partial charge in [0.05, 0.1) is 10.7 Å². The predicted octanol–water partition coefficient (Wildman–Crippen LogP) is 5.04. The molecule has 2 aromatic heterocycles. The first-order chi connectivity index (χ1) is 13.1. The molecule has 2 aromatic carbocycles. The van der Waals surface area contributed by atoms with Crippen LogP contribution < -0.4 is 10.4 Å². The van der Waals surface area contributed by atoms with Gasteiger partial charge in [0.2, 0.25) is 0 Å². The summed E-state index contributed by atoms with van der Waals surface area (Å²) in [6.45, 7) is 4.09. The fourth-order valence-corrected chi connectivity index (χ4v) is 3.76. The summed E-state index contributed by atoms with van der Waals surface area (Å²) in [7, 11) is 0. The number of hydrogen-bond acceptors (Lipinski definition) is 5. The van der Waals surface area contributed by atoms with E-state index in [1.165, 1.54) is 5.56 Å². The van der Waals surface area contributed by atoms with E-state index in [9.17, 15) is 4.79 Å². The van der Waals surface area contributed by atoms with Crippen molar-refractivity contribution in [2.45, 2.75) is 26.9 Å². The molecule has 0 unspecified atom stereocenters. The van der Waals surface area contributed by atoms with E-state index in [4.69, 9.17) is 9.15 Å². The molecule has 0 bridgehead atoms. The van der Waals surface area contributed by atoms with Crippen LogP contribution >= 0.6 is 11.3 Å². The molecule has 0 saturated heterocycles. The number of aromatic nitrogens is 1. The SMILES string of the molecule is Cc1c(C)c2ccc(OCc3csc(Cc4ccccc4)n3)cc2oc1=O. The van der Waals surface area contributed by atoms with Crippen molar-refractivity contribution in [3.63, 3.8) is 0 Å². The van der Waals surface area contributed by atoms with Crippen molar-refractivity contribution < 1.29 is 9.15 Å². The number of fused-ring (bicyclic) bond motifs is 1. The highest BCUT2D eigenvalue weighted by Crippen LogP contribution is 2.24. The van der Waals surface area contributed by atoms with Crippen LogP contribution in [0.2, 0.25) is 0 Å². The van der Waals surface area contributed by atoms with E-state index < -0.39 is 0 Å². The maximum absolute atomic E-state index is 11.9. The third-order valence-electron chi connectivity index (χ3n) is 4.61. The Balaban J connectivity index is 1.47. The molecule has 0 atom stereocenters. The van der Waals surface area contributed by atoms with Gasteiger partial charge in [0, 0.05) is 28.8 Å². The van der Waals surface area contributed by atoms with Gasteiger partial charge in [-0.3, -0.25) is 0 Å². The summed E-state index contributed by atoms with van der Waals surface area (Å²) in [6, 6.07) is 15.9. The molecular weight excluding hydrogens is 358 g/mol. The summed E-state index contributed by atoms with van der Waals surface area (Å²) in [4.78, 5) is 16.5. The van der Waals surface area contributed by atoms with Crippen molar-refractivity contribution in [2.75, 3.05) is 0 Å². The van der Waals surface area contributed by atoms with E-state index in [0.717, 1.165) is 28.1 Å². The molecule has 4 rings (SSSR count). The van der Waals surface area contributed by atoms with Gasteiger partial charge in [-0.25, -0.2) is 9.78 Å². The van der Waals surface area contributed by atoms with E-state index in [1.807, 2.05) is 42.6 Å². The van der Waals surface area contributed by atoms with Crippen molar-refractivity contribution in [1.82, 2.24) is 4.98 Å². The minimum Gasteiger partial charge on any atom is -0.487 e. The molecule has 136 valence electrons. The van der Waals surface area contributed by atoms with Crippen molar-refractivity contribution in [2.24, 2.45) is 0 Å². The highest BCUT2D eigenvalue weighted by Gasteiger charge is 2.09. The van der Waals surface area contributed by atoms with Crippen LogP contribution in [0.5, 0.6) is 5.75 Å². The molecule has 0 N–H and O–H groups in total. The zero-order valence-electron chi connectivity index (χ0n) is 15.2. The summed E-state index contributed by atoms with van der Waals surface area (Å²) in [5.41, 5.74) is 3.97. The van der Waals surface area contributed by atoms with Crippen LogP contribution in [0.4, 0.5) is 0 Å². The summed E-state index contributed by atoms with van der Waals surface area (Å²) < 4.78 is 11.2. The lowest BCUT2D eigenvalue weighted by Gasteiger charge is -2.07. The Morgan fingerprint density at radius 3 is 2.70 bits per heavy atom. The van der Waals surface area contributed by atoms with Crippen molar-refractivity contribution >= 4 is 22.3 Å². The summed E-state index contributed by atoms with van der Waals surface area (Å²) >= 11 is 1.64. The lowest BCUT2D eigenvalue weighted by Crippen LogP contribution is -2.05. The number of hydrogen-bond donors (Lipinski definition) is 0. The van der Waals surface area contributed by atoms with Crippen LogP contribution in [-0.2, 0) is 13.0 Å². The number of rotatable bonds is 5. The third-order valence-corrected chi connectivity index (χ3v) is 5.51. The zero-order valence-corrected chi connectivity index (χ0v) is 16.0. The summed E-state index contributed by atoms with van der Waals surface area (Å²) in [5.74, 6) is 0.659. The van der Waals surface area contributed by atoms with E-state index in [1.54, 1.807) is 24.3 Å². The Kier molecular flexibility index (Phi) is 4.77. The largest absolute Gasteiger partial charge is 0.487 e. The topological polar surface area (TPSA) is 52.3 Å². The van der Waals surface area contributed by atoms with Crippen molar-refractivity contribution in [1.29, 1.82) is 0 Å². The van der Waals surface area contributed by atoms with E-state index in [-0.39, 0.29) is 5.63 Å². The standard InChI is InChI=1S/C22H19NO3S/c1-14-15(2)22(24)26-20-11-18(8-9-19(14)20)25-12-17-13-27-21(23-17)10-16-6-4-3-5-7-16/h3-9,11,13H,10,12H2,1-2H3. The molecule has 0 saturated carbocycles. The number of benzene rings is 2. The Bertz CT molecular complexity index is 1150. The molecule has 27 heavy (non-hydrogen) atoms. The normalized spacial score (nSPS) is 11.0. The van der Waals surface area contributed by atoms with Crippen molar-refractivity contribution in [3.05, 3.63) is 91.7 Å².